The number of rotatable bonds is 3. The van der Waals surface area contributed by atoms with Gasteiger partial charge in [-0.25, -0.2) is 0 Å². The van der Waals surface area contributed by atoms with Crippen molar-refractivity contribution in [3.63, 3.8) is 0 Å². The van der Waals surface area contributed by atoms with Gasteiger partial charge in [0.2, 0.25) is 0 Å². The molecule has 1 N–H and O–H groups in total. The normalized spacial score (nSPS) is 17.3. The molecule has 0 saturated carbocycles. The average Bonchev–Trinajstić information content (AvgIpc) is 2.49. The first-order chi connectivity index (χ1) is 10.1. The number of hydrogen-bond donors (Lipinski definition) is 1. The van der Waals surface area contributed by atoms with E-state index in [1.807, 2.05) is 24.3 Å². The molecule has 108 valence electrons. The number of hydrogen-bond acceptors (Lipinski definition) is 2. The quantitative estimate of drug-likeness (QED) is 0.926. The zero-order valence-corrected chi connectivity index (χ0v) is 12.9. The van der Waals surface area contributed by atoms with E-state index in [0.29, 0.717) is 16.5 Å². The first-order valence-electron chi connectivity index (χ1n) is 6.93. The Morgan fingerprint density at radius 2 is 2.00 bits per heavy atom. The molecule has 1 unspecified atom stereocenters. The van der Waals surface area contributed by atoms with Crippen molar-refractivity contribution in [2.45, 2.75) is 18.9 Å². The molecule has 0 saturated heterocycles. The molecule has 1 atom stereocenters. The van der Waals surface area contributed by atoms with Crippen LogP contribution in [0.15, 0.2) is 42.5 Å². The van der Waals surface area contributed by atoms with Crippen LogP contribution in [0.1, 0.15) is 22.7 Å². The molecular weight excluding hydrogens is 305 g/mol. The van der Waals surface area contributed by atoms with E-state index in [9.17, 15) is 4.79 Å². The first kappa shape index (κ1) is 14.6. The zero-order valence-electron chi connectivity index (χ0n) is 11.4. The lowest BCUT2D eigenvalue weighted by atomic mass is 9.90. The third kappa shape index (κ3) is 3.13. The fourth-order valence-electron chi connectivity index (χ4n) is 2.75. The average molecular weight is 320 g/mol. The van der Waals surface area contributed by atoms with Crippen molar-refractivity contribution in [2.24, 2.45) is 0 Å². The predicted molar refractivity (Wildman–Crippen MR) is 86.1 cm³/mol. The largest absolute Gasteiger partial charge is 0.303 e. The fourth-order valence-corrected chi connectivity index (χ4v) is 3.22. The summed E-state index contributed by atoms with van der Waals surface area (Å²) in [6, 6.07) is 13.1. The molecule has 21 heavy (non-hydrogen) atoms. The highest BCUT2D eigenvalue weighted by atomic mass is 35.5. The van der Waals surface area contributed by atoms with Crippen molar-refractivity contribution < 1.29 is 4.79 Å². The second kappa shape index (κ2) is 6.18. The molecule has 2 aromatic carbocycles. The summed E-state index contributed by atoms with van der Waals surface area (Å²) in [6.45, 7) is 0.821. The monoisotopic (exact) mass is 319 g/mol. The molecule has 0 radical (unpaired) electrons. The Hall–Kier alpha value is -1.35. The van der Waals surface area contributed by atoms with Gasteiger partial charge in [0.25, 0.3) is 0 Å². The molecule has 1 aliphatic heterocycles. The van der Waals surface area contributed by atoms with E-state index in [4.69, 9.17) is 23.2 Å². The van der Waals surface area contributed by atoms with Crippen LogP contribution in [-0.4, -0.2) is 12.3 Å². The Morgan fingerprint density at radius 1 is 1.19 bits per heavy atom. The van der Waals surface area contributed by atoms with Crippen LogP contribution in [0.5, 0.6) is 0 Å². The van der Waals surface area contributed by atoms with Gasteiger partial charge in [0.15, 0.2) is 5.78 Å². The third-order valence-electron chi connectivity index (χ3n) is 3.81. The van der Waals surface area contributed by atoms with Crippen molar-refractivity contribution in [2.75, 3.05) is 6.54 Å². The molecule has 0 aliphatic carbocycles. The third-order valence-corrected chi connectivity index (χ3v) is 4.40. The minimum atomic E-state index is -0.248. The number of fused-ring (bicyclic) bond motifs is 1. The van der Waals surface area contributed by atoms with Gasteiger partial charge < -0.3 is 5.32 Å². The number of halogens is 2. The molecule has 0 aromatic heterocycles. The minimum absolute atomic E-state index is 0.131. The van der Waals surface area contributed by atoms with Gasteiger partial charge in [0.1, 0.15) is 0 Å². The molecule has 0 fully saturated rings. The molecule has 0 spiro atoms. The van der Waals surface area contributed by atoms with Gasteiger partial charge >= 0.3 is 0 Å². The Labute approximate surface area is 134 Å². The molecule has 1 aliphatic rings. The van der Waals surface area contributed by atoms with E-state index >= 15 is 0 Å². The van der Waals surface area contributed by atoms with Crippen molar-refractivity contribution >= 4 is 29.0 Å². The topological polar surface area (TPSA) is 29.1 Å². The lowest BCUT2D eigenvalue weighted by Crippen LogP contribution is -2.35. The number of carbonyl (C=O) groups excluding carboxylic acids is 1. The summed E-state index contributed by atoms with van der Waals surface area (Å²) < 4.78 is 0. The summed E-state index contributed by atoms with van der Waals surface area (Å²) in [7, 11) is 0. The van der Waals surface area contributed by atoms with Crippen LogP contribution < -0.4 is 5.32 Å². The summed E-state index contributed by atoms with van der Waals surface area (Å²) in [6.07, 6.45) is 1.27. The zero-order chi connectivity index (χ0) is 14.8. The summed E-state index contributed by atoms with van der Waals surface area (Å²) in [5, 5.41) is 4.43. The molecule has 1 heterocycles. The number of ketones is 1. The van der Waals surface area contributed by atoms with E-state index in [0.717, 1.165) is 24.1 Å². The van der Waals surface area contributed by atoms with Crippen LogP contribution in [0.2, 0.25) is 10.0 Å². The van der Waals surface area contributed by atoms with Crippen LogP contribution in [0, 0.1) is 0 Å². The van der Waals surface area contributed by atoms with Crippen molar-refractivity contribution in [3.8, 4) is 0 Å². The molecule has 0 amide bonds. The van der Waals surface area contributed by atoms with E-state index in [-0.39, 0.29) is 11.8 Å². The fraction of sp³-hybridized carbons (Fsp3) is 0.235. The second-order valence-electron chi connectivity index (χ2n) is 5.21. The SMILES string of the molecule is O=C(Cc1ccc(Cl)cc1Cl)C1NCCc2ccccc21. The van der Waals surface area contributed by atoms with Gasteiger partial charge in [-0.1, -0.05) is 53.5 Å². The molecule has 2 nitrogen and oxygen atoms in total. The van der Waals surface area contributed by atoms with Crippen molar-refractivity contribution in [1.29, 1.82) is 0 Å². The lowest BCUT2D eigenvalue weighted by molar-refractivity contribution is -0.120. The highest BCUT2D eigenvalue weighted by molar-refractivity contribution is 6.35. The van der Waals surface area contributed by atoms with Crippen LogP contribution in [0.4, 0.5) is 0 Å². The maximum atomic E-state index is 12.6. The second-order valence-corrected chi connectivity index (χ2v) is 6.06. The summed E-state index contributed by atoms with van der Waals surface area (Å²) in [5.74, 6) is 0.131. The van der Waals surface area contributed by atoms with Gasteiger partial charge in [-0.15, -0.1) is 0 Å². The van der Waals surface area contributed by atoms with Crippen LogP contribution >= 0.6 is 23.2 Å². The van der Waals surface area contributed by atoms with Gasteiger partial charge in [-0.05, 0) is 35.2 Å². The Kier molecular flexibility index (Phi) is 4.29. The predicted octanol–water partition coefficient (Wildman–Crippen LogP) is 3.99. The van der Waals surface area contributed by atoms with Gasteiger partial charge in [-0.3, -0.25) is 4.79 Å². The van der Waals surface area contributed by atoms with Crippen LogP contribution in [-0.2, 0) is 17.6 Å². The molecule has 3 rings (SSSR count). The molecule has 0 bridgehead atoms. The highest BCUT2D eigenvalue weighted by Gasteiger charge is 2.25. The Morgan fingerprint density at radius 3 is 2.81 bits per heavy atom. The minimum Gasteiger partial charge on any atom is -0.303 e. The maximum Gasteiger partial charge on any atom is 0.158 e. The number of Topliss-reactive ketones (excluding diaryl/α,β-unsaturated/α-hetero) is 1. The van der Waals surface area contributed by atoms with Crippen molar-refractivity contribution in [1.82, 2.24) is 5.32 Å². The van der Waals surface area contributed by atoms with E-state index in [1.165, 1.54) is 5.56 Å². The molecular formula is C17H15Cl2NO. The van der Waals surface area contributed by atoms with Gasteiger partial charge in [0, 0.05) is 23.0 Å². The van der Waals surface area contributed by atoms with E-state index in [1.54, 1.807) is 12.1 Å². The maximum absolute atomic E-state index is 12.6. The summed E-state index contributed by atoms with van der Waals surface area (Å²) in [5.41, 5.74) is 3.14. The summed E-state index contributed by atoms with van der Waals surface area (Å²) in [4.78, 5) is 12.6. The smallest absolute Gasteiger partial charge is 0.158 e. The number of benzene rings is 2. The summed E-state index contributed by atoms with van der Waals surface area (Å²) >= 11 is 12.0. The standard InChI is InChI=1S/C17H15Cl2NO/c18-13-6-5-12(15(19)10-13)9-16(21)17-14-4-2-1-3-11(14)7-8-20-17/h1-6,10,17,20H,7-9H2. The van der Waals surface area contributed by atoms with Crippen LogP contribution in [0.25, 0.3) is 0 Å². The number of carbonyl (C=O) groups is 1. The lowest BCUT2D eigenvalue weighted by Gasteiger charge is -2.26. The van der Waals surface area contributed by atoms with E-state index in [2.05, 4.69) is 11.4 Å². The molecule has 4 heteroatoms. The van der Waals surface area contributed by atoms with Gasteiger partial charge in [-0.2, -0.15) is 0 Å². The first-order valence-corrected chi connectivity index (χ1v) is 7.68. The van der Waals surface area contributed by atoms with E-state index < -0.39 is 0 Å². The Balaban J connectivity index is 1.83. The number of nitrogens with one attached hydrogen (secondary N) is 1. The van der Waals surface area contributed by atoms with Crippen LogP contribution in [0.3, 0.4) is 0 Å². The van der Waals surface area contributed by atoms with Crippen molar-refractivity contribution in [3.05, 3.63) is 69.2 Å². The molecule has 2 aromatic rings. The highest BCUT2D eigenvalue weighted by Crippen LogP contribution is 2.27. The van der Waals surface area contributed by atoms with Gasteiger partial charge in [0.05, 0.1) is 6.04 Å². The Bertz CT molecular complexity index is 684.